The van der Waals surface area contributed by atoms with Gasteiger partial charge in [0.05, 0.1) is 10.6 Å². The van der Waals surface area contributed by atoms with Gasteiger partial charge in [0.25, 0.3) is 0 Å². The molecule has 0 fully saturated rings. The number of thiazole rings is 1. The number of aldehydes is 1. The highest BCUT2D eigenvalue weighted by Gasteiger charge is 2.23. The third-order valence-electron chi connectivity index (χ3n) is 3.66. The highest BCUT2D eigenvalue weighted by atomic mass is 32.1. The van der Waals surface area contributed by atoms with Gasteiger partial charge in [-0.2, -0.15) is 0 Å². The van der Waals surface area contributed by atoms with Gasteiger partial charge in [-0.1, -0.05) is 43.4 Å². The lowest BCUT2D eigenvalue weighted by molar-refractivity contribution is 0.112. The zero-order valence-electron chi connectivity index (χ0n) is 11.8. The van der Waals surface area contributed by atoms with Crippen LogP contribution in [0.3, 0.4) is 0 Å². The molecule has 0 unspecified atom stereocenters. The number of aryl methyl sites for hydroxylation is 1. The van der Waals surface area contributed by atoms with Crippen LogP contribution in [0.15, 0.2) is 24.3 Å². The zero-order valence-corrected chi connectivity index (χ0v) is 12.6. The standard InChI is InChI=1S/C16H18N2OS/c1-11(2)15-14(10-19)20-16(17-15)18-9-5-7-12-6-3-4-8-13(12)18/h3-4,6,8,10-11H,5,7,9H2,1-2H3. The van der Waals surface area contributed by atoms with Crippen molar-refractivity contribution in [3.63, 3.8) is 0 Å². The second-order valence-corrected chi connectivity index (χ2v) is 6.41. The fourth-order valence-corrected chi connectivity index (χ4v) is 3.75. The summed E-state index contributed by atoms with van der Waals surface area (Å²) in [5, 5.41) is 0.947. The second kappa shape index (κ2) is 5.37. The summed E-state index contributed by atoms with van der Waals surface area (Å²) < 4.78 is 0. The van der Waals surface area contributed by atoms with E-state index in [-0.39, 0.29) is 5.92 Å². The first-order valence-electron chi connectivity index (χ1n) is 7.02. The van der Waals surface area contributed by atoms with E-state index in [1.54, 1.807) is 0 Å². The SMILES string of the molecule is CC(C)c1nc(N2CCCc3ccccc32)sc1C=O. The van der Waals surface area contributed by atoms with Crippen molar-refractivity contribution >= 4 is 28.4 Å². The molecule has 0 N–H and O–H groups in total. The number of para-hydroxylation sites is 1. The number of rotatable bonds is 3. The molecule has 1 aromatic carbocycles. The number of nitrogens with zero attached hydrogens (tertiary/aromatic N) is 2. The second-order valence-electron chi connectivity index (χ2n) is 5.40. The van der Waals surface area contributed by atoms with Crippen LogP contribution in [0, 0.1) is 0 Å². The van der Waals surface area contributed by atoms with Gasteiger partial charge in [-0.25, -0.2) is 4.98 Å². The molecule has 0 saturated carbocycles. The van der Waals surface area contributed by atoms with E-state index in [0.717, 1.165) is 41.4 Å². The van der Waals surface area contributed by atoms with Crippen molar-refractivity contribution in [1.82, 2.24) is 4.98 Å². The summed E-state index contributed by atoms with van der Waals surface area (Å²) >= 11 is 1.50. The minimum Gasteiger partial charge on any atom is -0.318 e. The quantitative estimate of drug-likeness (QED) is 0.794. The molecule has 2 aromatic rings. The van der Waals surface area contributed by atoms with Gasteiger partial charge in [0, 0.05) is 12.2 Å². The number of hydrogen-bond acceptors (Lipinski definition) is 4. The lowest BCUT2D eigenvalue weighted by Crippen LogP contribution is -2.24. The van der Waals surface area contributed by atoms with Crippen LogP contribution in [0.5, 0.6) is 0 Å². The maximum Gasteiger partial charge on any atom is 0.190 e. The van der Waals surface area contributed by atoms with Crippen LogP contribution in [0.4, 0.5) is 10.8 Å². The summed E-state index contributed by atoms with van der Waals surface area (Å²) in [6.07, 6.45) is 3.19. The van der Waals surface area contributed by atoms with Crippen molar-refractivity contribution < 1.29 is 4.79 Å². The molecule has 0 atom stereocenters. The number of hydrogen-bond donors (Lipinski definition) is 0. The lowest BCUT2D eigenvalue weighted by Gasteiger charge is -2.28. The van der Waals surface area contributed by atoms with E-state index in [1.165, 1.54) is 22.6 Å². The molecular weight excluding hydrogens is 268 g/mol. The number of benzene rings is 1. The summed E-state index contributed by atoms with van der Waals surface area (Å²) in [5.74, 6) is 0.278. The molecule has 0 aliphatic carbocycles. The van der Waals surface area contributed by atoms with Crippen molar-refractivity contribution in [2.75, 3.05) is 11.4 Å². The minimum atomic E-state index is 0.278. The highest BCUT2D eigenvalue weighted by molar-refractivity contribution is 7.17. The Morgan fingerprint density at radius 3 is 2.85 bits per heavy atom. The fourth-order valence-electron chi connectivity index (χ4n) is 2.68. The molecule has 0 spiro atoms. The van der Waals surface area contributed by atoms with E-state index in [9.17, 15) is 4.79 Å². The predicted molar refractivity (Wildman–Crippen MR) is 83.4 cm³/mol. The normalized spacial score (nSPS) is 14.4. The number of aromatic nitrogens is 1. The van der Waals surface area contributed by atoms with Crippen molar-refractivity contribution in [3.8, 4) is 0 Å². The smallest absolute Gasteiger partial charge is 0.190 e. The van der Waals surface area contributed by atoms with Gasteiger partial charge in [-0.3, -0.25) is 4.79 Å². The fraction of sp³-hybridized carbons (Fsp3) is 0.375. The Balaban J connectivity index is 2.04. The third-order valence-corrected chi connectivity index (χ3v) is 4.68. The third kappa shape index (κ3) is 2.24. The van der Waals surface area contributed by atoms with Crippen LogP contribution in [0.2, 0.25) is 0 Å². The minimum absolute atomic E-state index is 0.278. The average molecular weight is 286 g/mol. The largest absolute Gasteiger partial charge is 0.318 e. The molecule has 4 heteroatoms. The molecule has 1 aliphatic heterocycles. The Morgan fingerprint density at radius 2 is 2.15 bits per heavy atom. The highest BCUT2D eigenvalue weighted by Crippen LogP contribution is 2.37. The predicted octanol–water partition coefficient (Wildman–Crippen LogP) is 4.16. The summed E-state index contributed by atoms with van der Waals surface area (Å²) in [4.78, 5) is 19.0. The van der Waals surface area contributed by atoms with Gasteiger partial charge in [-0.15, -0.1) is 0 Å². The summed E-state index contributed by atoms with van der Waals surface area (Å²) in [6.45, 7) is 5.13. The zero-order chi connectivity index (χ0) is 14.1. The maximum absolute atomic E-state index is 11.2. The van der Waals surface area contributed by atoms with Gasteiger partial charge < -0.3 is 4.90 Å². The molecule has 2 heterocycles. The van der Waals surface area contributed by atoms with E-state index >= 15 is 0 Å². The number of fused-ring (bicyclic) bond motifs is 1. The van der Waals surface area contributed by atoms with Gasteiger partial charge in [0.2, 0.25) is 0 Å². The number of carbonyl (C=O) groups is 1. The van der Waals surface area contributed by atoms with Crippen LogP contribution in [-0.4, -0.2) is 17.8 Å². The molecule has 0 saturated heterocycles. The first-order valence-corrected chi connectivity index (χ1v) is 7.83. The van der Waals surface area contributed by atoms with Crippen molar-refractivity contribution in [3.05, 3.63) is 40.4 Å². The molecule has 1 aliphatic rings. The Kier molecular flexibility index (Phi) is 3.57. The first-order chi connectivity index (χ1) is 9.70. The average Bonchev–Trinajstić information content (AvgIpc) is 2.91. The molecular formula is C16H18N2OS. The van der Waals surface area contributed by atoms with Gasteiger partial charge in [-0.05, 0) is 30.4 Å². The van der Waals surface area contributed by atoms with Crippen molar-refractivity contribution in [2.24, 2.45) is 0 Å². The number of anilines is 2. The molecule has 3 rings (SSSR count). The summed E-state index contributed by atoms with van der Waals surface area (Å²) in [5.41, 5.74) is 3.52. The topological polar surface area (TPSA) is 33.2 Å². The first kappa shape index (κ1) is 13.3. The van der Waals surface area contributed by atoms with Crippen molar-refractivity contribution in [2.45, 2.75) is 32.6 Å². The maximum atomic E-state index is 11.2. The van der Waals surface area contributed by atoms with Crippen LogP contribution >= 0.6 is 11.3 Å². The Labute approximate surface area is 123 Å². The Bertz CT molecular complexity index is 633. The lowest BCUT2D eigenvalue weighted by atomic mass is 10.0. The van der Waals surface area contributed by atoms with E-state index < -0.39 is 0 Å². The molecule has 3 nitrogen and oxygen atoms in total. The summed E-state index contributed by atoms with van der Waals surface area (Å²) in [6, 6.07) is 8.47. The van der Waals surface area contributed by atoms with E-state index in [0.29, 0.717) is 0 Å². The van der Waals surface area contributed by atoms with Crippen LogP contribution in [0.1, 0.15) is 47.1 Å². The molecule has 104 valence electrons. The van der Waals surface area contributed by atoms with Gasteiger partial charge in [0.15, 0.2) is 11.4 Å². The van der Waals surface area contributed by atoms with E-state index in [4.69, 9.17) is 4.98 Å². The van der Waals surface area contributed by atoms with Gasteiger partial charge in [0.1, 0.15) is 0 Å². The van der Waals surface area contributed by atoms with Crippen LogP contribution < -0.4 is 4.90 Å². The Morgan fingerprint density at radius 1 is 1.35 bits per heavy atom. The molecule has 0 bridgehead atoms. The molecule has 1 aromatic heterocycles. The number of carbonyl (C=O) groups excluding carboxylic acids is 1. The molecule has 20 heavy (non-hydrogen) atoms. The van der Waals surface area contributed by atoms with Crippen LogP contribution in [0.25, 0.3) is 0 Å². The monoisotopic (exact) mass is 286 g/mol. The summed E-state index contributed by atoms with van der Waals surface area (Å²) in [7, 11) is 0. The van der Waals surface area contributed by atoms with Gasteiger partial charge >= 0.3 is 0 Å². The van der Waals surface area contributed by atoms with E-state index in [2.05, 4.69) is 43.0 Å². The van der Waals surface area contributed by atoms with E-state index in [1.807, 2.05) is 0 Å². The Hall–Kier alpha value is -1.68. The molecule has 0 radical (unpaired) electrons. The van der Waals surface area contributed by atoms with Crippen molar-refractivity contribution in [1.29, 1.82) is 0 Å². The molecule has 0 amide bonds. The van der Waals surface area contributed by atoms with Crippen LogP contribution in [-0.2, 0) is 6.42 Å².